The number of hydrogen-bond acceptors (Lipinski definition) is 6. The summed E-state index contributed by atoms with van der Waals surface area (Å²) in [5.74, 6) is 1.90. The van der Waals surface area contributed by atoms with E-state index in [-0.39, 0.29) is 5.91 Å². The second-order valence-electron chi connectivity index (χ2n) is 10.2. The number of hydrogen-bond donors (Lipinski definition) is 2. The van der Waals surface area contributed by atoms with Gasteiger partial charge < -0.3 is 15.4 Å². The Labute approximate surface area is 249 Å². The Balaban J connectivity index is 1.30. The molecule has 4 aromatic carbocycles. The SMILES string of the molecule is CC1=C(C(=O)Nc2cccc(C)c2)C(c2ccc(OCc3ccccc3)cc2)n2nc(SCc3ccccc3)nc2N1. The lowest BCUT2D eigenvalue weighted by Gasteiger charge is -2.28. The zero-order valence-electron chi connectivity index (χ0n) is 23.5. The first kappa shape index (κ1) is 27.4. The minimum atomic E-state index is -0.479. The molecule has 0 saturated carbocycles. The number of aromatic nitrogens is 3. The second-order valence-corrected chi connectivity index (χ2v) is 11.1. The van der Waals surface area contributed by atoms with Gasteiger partial charge in [-0.2, -0.15) is 4.98 Å². The Kier molecular flexibility index (Phi) is 8.05. The number of carbonyl (C=O) groups is 1. The van der Waals surface area contributed by atoms with Gasteiger partial charge in [-0.15, -0.1) is 5.10 Å². The van der Waals surface area contributed by atoms with Crippen molar-refractivity contribution in [1.82, 2.24) is 14.8 Å². The van der Waals surface area contributed by atoms with Crippen molar-refractivity contribution in [2.24, 2.45) is 0 Å². The number of benzene rings is 4. The molecular weight excluding hydrogens is 542 g/mol. The number of aryl methyl sites for hydroxylation is 1. The maximum atomic E-state index is 13.8. The standard InChI is InChI=1S/C34H31N5O2S/c1-23-10-9-15-28(20-23)36-32(40)30-24(2)35-33-37-34(42-22-26-13-7-4-8-14-26)38-39(33)31(30)27-16-18-29(19-17-27)41-21-25-11-5-3-6-12-25/h3-20,31H,21-22H2,1-2H3,(H,36,40)(H,35,37,38). The largest absolute Gasteiger partial charge is 0.489 e. The van der Waals surface area contributed by atoms with Crippen molar-refractivity contribution in [3.63, 3.8) is 0 Å². The predicted molar refractivity (Wildman–Crippen MR) is 168 cm³/mol. The van der Waals surface area contributed by atoms with Gasteiger partial charge in [0.2, 0.25) is 11.1 Å². The molecular formula is C34H31N5O2S. The van der Waals surface area contributed by atoms with Crippen LogP contribution in [-0.4, -0.2) is 20.7 Å². The van der Waals surface area contributed by atoms with Crippen LogP contribution in [0.3, 0.4) is 0 Å². The van der Waals surface area contributed by atoms with Gasteiger partial charge in [-0.25, -0.2) is 4.68 Å². The molecule has 1 unspecified atom stereocenters. The van der Waals surface area contributed by atoms with Gasteiger partial charge in [0, 0.05) is 17.1 Å². The van der Waals surface area contributed by atoms with E-state index in [1.807, 2.05) is 116 Å². The number of carbonyl (C=O) groups excluding carboxylic acids is 1. The van der Waals surface area contributed by atoms with Crippen LogP contribution in [0.1, 0.15) is 35.2 Å². The van der Waals surface area contributed by atoms with Crippen molar-refractivity contribution < 1.29 is 9.53 Å². The van der Waals surface area contributed by atoms with Crippen molar-refractivity contribution in [2.75, 3.05) is 10.6 Å². The number of nitrogens with zero attached hydrogens (tertiary/aromatic N) is 3. The van der Waals surface area contributed by atoms with E-state index in [2.05, 4.69) is 22.8 Å². The average Bonchev–Trinajstić information content (AvgIpc) is 3.42. The third kappa shape index (κ3) is 6.24. The fourth-order valence-electron chi connectivity index (χ4n) is 4.93. The van der Waals surface area contributed by atoms with E-state index >= 15 is 0 Å². The highest BCUT2D eigenvalue weighted by Crippen LogP contribution is 2.37. The van der Waals surface area contributed by atoms with Crippen molar-refractivity contribution >= 4 is 29.3 Å². The highest BCUT2D eigenvalue weighted by atomic mass is 32.2. The summed E-state index contributed by atoms with van der Waals surface area (Å²) in [6, 6.07) is 35.5. The lowest BCUT2D eigenvalue weighted by Crippen LogP contribution is -2.31. The molecule has 1 aliphatic rings. The van der Waals surface area contributed by atoms with Gasteiger partial charge in [-0.1, -0.05) is 96.7 Å². The first-order valence-electron chi connectivity index (χ1n) is 13.8. The van der Waals surface area contributed by atoms with E-state index in [4.69, 9.17) is 14.8 Å². The van der Waals surface area contributed by atoms with Gasteiger partial charge in [-0.3, -0.25) is 4.79 Å². The summed E-state index contributed by atoms with van der Waals surface area (Å²) in [5.41, 5.74) is 6.32. The predicted octanol–water partition coefficient (Wildman–Crippen LogP) is 7.39. The molecule has 6 rings (SSSR count). The molecule has 0 saturated heterocycles. The molecule has 1 atom stereocenters. The lowest BCUT2D eigenvalue weighted by atomic mass is 9.95. The van der Waals surface area contributed by atoms with Crippen LogP contribution in [0.15, 0.2) is 126 Å². The molecule has 1 amide bonds. The number of anilines is 2. The minimum Gasteiger partial charge on any atom is -0.489 e. The number of thioether (sulfide) groups is 1. The monoisotopic (exact) mass is 573 g/mol. The molecule has 5 aromatic rings. The second kappa shape index (κ2) is 12.4. The molecule has 8 heteroatoms. The number of nitrogens with one attached hydrogen (secondary N) is 2. The molecule has 0 spiro atoms. The molecule has 42 heavy (non-hydrogen) atoms. The number of amides is 1. The third-order valence-corrected chi connectivity index (χ3v) is 7.92. The van der Waals surface area contributed by atoms with E-state index in [9.17, 15) is 4.79 Å². The zero-order chi connectivity index (χ0) is 28.9. The maximum absolute atomic E-state index is 13.8. The smallest absolute Gasteiger partial charge is 0.255 e. The highest BCUT2D eigenvalue weighted by molar-refractivity contribution is 7.98. The summed E-state index contributed by atoms with van der Waals surface area (Å²) in [6.07, 6.45) is 0. The van der Waals surface area contributed by atoms with Gasteiger partial charge in [0.1, 0.15) is 18.4 Å². The average molecular weight is 574 g/mol. The molecule has 0 aliphatic carbocycles. The van der Waals surface area contributed by atoms with Crippen LogP contribution in [0.5, 0.6) is 5.75 Å². The first-order chi connectivity index (χ1) is 20.5. The summed E-state index contributed by atoms with van der Waals surface area (Å²) in [4.78, 5) is 18.6. The quantitative estimate of drug-likeness (QED) is 0.179. The zero-order valence-corrected chi connectivity index (χ0v) is 24.3. The number of allylic oxidation sites excluding steroid dienone is 1. The van der Waals surface area contributed by atoms with Crippen molar-refractivity contribution in [2.45, 2.75) is 37.4 Å². The molecule has 7 nitrogen and oxygen atoms in total. The van der Waals surface area contributed by atoms with Gasteiger partial charge in [0.15, 0.2) is 0 Å². The Bertz CT molecular complexity index is 1720. The van der Waals surface area contributed by atoms with Gasteiger partial charge in [0.25, 0.3) is 5.91 Å². The van der Waals surface area contributed by atoms with Crippen LogP contribution in [0, 0.1) is 6.92 Å². The fraction of sp³-hybridized carbons (Fsp3) is 0.147. The Hall–Kier alpha value is -4.82. The fourth-order valence-corrected chi connectivity index (χ4v) is 5.71. The maximum Gasteiger partial charge on any atom is 0.255 e. The van der Waals surface area contributed by atoms with Crippen LogP contribution >= 0.6 is 11.8 Å². The van der Waals surface area contributed by atoms with E-state index in [0.717, 1.165) is 39.6 Å². The van der Waals surface area contributed by atoms with E-state index in [0.29, 0.717) is 23.3 Å². The topological polar surface area (TPSA) is 81.1 Å². The van der Waals surface area contributed by atoms with Crippen LogP contribution in [-0.2, 0) is 17.2 Å². The Morgan fingerprint density at radius 3 is 2.33 bits per heavy atom. The van der Waals surface area contributed by atoms with E-state index < -0.39 is 6.04 Å². The van der Waals surface area contributed by atoms with E-state index in [1.165, 1.54) is 5.56 Å². The number of rotatable bonds is 9. The third-order valence-electron chi connectivity index (χ3n) is 7.01. The molecule has 1 aromatic heterocycles. The molecule has 0 radical (unpaired) electrons. The molecule has 2 heterocycles. The lowest BCUT2D eigenvalue weighted by molar-refractivity contribution is -0.113. The summed E-state index contributed by atoms with van der Waals surface area (Å²) in [7, 11) is 0. The summed E-state index contributed by atoms with van der Waals surface area (Å²) < 4.78 is 7.84. The van der Waals surface area contributed by atoms with Crippen molar-refractivity contribution in [3.05, 3.63) is 143 Å². The normalized spacial score (nSPS) is 14.2. The van der Waals surface area contributed by atoms with Crippen molar-refractivity contribution in [1.29, 1.82) is 0 Å². The number of fused-ring (bicyclic) bond motifs is 1. The van der Waals surface area contributed by atoms with E-state index in [1.54, 1.807) is 11.8 Å². The summed E-state index contributed by atoms with van der Waals surface area (Å²) in [5, 5.41) is 11.9. The van der Waals surface area contributed by atoms with Gasteiger partial charge in [-0.05, 0) is 60.4 Å². The Morgan fingerprint density at radius 1 is 0.905 bits per heavy atom. The molecule has 0 bridgehead atoms. The van der Waals surface area contributed by atoms with Gasteiger partial charge >= 0.3 is 0 Å². The Morgan fingerprint density at radius 2 is 1.62 bits per heavy atom. The molecule has 210 valence electrons. The van der Waals surface area contributed by atoms with Crippen LogP contribution in [0.2, 0.25) is 0 Å². The highest BCUT2D eigenvalue weighted by Gasteiger charge is 2.34. The van der Waals surface area contributed by atoms with Gasteiger partial charge in [0.05, 0.1) is 5.57 Å². The van der Waals surface area contributed by atoms with Crippen LogP contribution in [0.25, 0.3) is 0 Å². The number of ether oxygens (including phenoxy) is 1. The molecule has 2 N–H and O–H groups in total. The summed E-state index contributed by atoms with van der Waals surface area (Å²) in [6.45, 7) is 4.39. The summed E-state index contributed by atoms with van der Waals surface area (Å²) >= 11 is 1.56. The molecule has 0 fully saturated rings. The van der Waals surface area contributed by atoms with Crippen molar-refractivity contribution in [3.8, 4) is 5.75 Å². The first-order valence-corrected chi connectivity index (χ1v) is 14.8. The molecule has 1 aliphatic heterocycles. The minimum absolute atomic E-state index is 0.195. The van der Waals surface area contributed by atoms with Crippen LogP contribution < -0.4 is 15.4 Å². The van der Waals surface area contributed by atoms with Crippen LogP contribution in [0.4, 0.5) is 11.6 Å².